The third kappa shape index (κ3) is 3.59. The number of hydrogen-bond donors (Lipinski definition) is 2. The number of nitrogens with zero attached hydrogens (tertiary/aromatic N) is 1. The topological polar surface area (TPSA) is 85.1 Å². The number of hydrogen-bond acceptors (Lipinski definition) is 3. The number of pyridine rings is 1. The van der Waals surface area contributed by atoms with Gasteiger partial charge < -0.3 is 11.1 Å². The van der Waals surface area contributed by atoms with Crippen molar-refractivity contribution in [1.82, 2.24) is 4.98 Å². The lowest BCUT2D eigenvalue weighted by Gasteiger charge is -2.10. The summed E-state index contributed by atoms with van der Waals surface area (Å²) in [6, 6.07) is 16.7. The molecule has 0 radical (unpaired) electrons. The molecule has 0 saturated heterocycles. The van der Waals surface area contributed by atoms with Crippen molar-refractivity contribution in [2.24, 2.45) is 5.73 Å². The molecule has 0 fully saturated rings. The van der Waals surface area contributed by atoms with Gasteiger partial charge in [-0.25, -0.2) is 4.39 Å². The predicted octanol–water partition coefficient (Wildman–Crippen LogP) is 3.55. The molecule has 0 aliphatic rings. The Kier molecular flexibility index (Phi) is 4.75. The molecule has 0 bridgehead atoms. The Morgan fingerprint density at radius 3 is 2.38 bits per heavy atom. The van der Waals surface area contributed by atoms with E-state index in [1.807, 2.05) is 30.3 Å². The Labute approximate surface area is 149 Å². The van der Waals surface area contributed by atoms with E-state index in [1.165, 1.54) is 12.1 Å². The molecule has 3 N–H and O–H groups in total. The molecule has 0 saturated carbocycles. The van der Waals surface area contributed by atoms with Crippen LogP contribution < -0.4 is 11.1 Å². The molecule has 2 amide bonds. The number of primary amides is 1. The van der Waals surface area contributed by atoms with Crippen molar-refractivity contribution in [3.63, 3.8) is 0 Å². The fourth-order valence-electron chi connectivity index (χ4n) is 2.56. The van der Waals surface area contributed by atoms with Gasteiger partial charge in [0.15, 0.2) is 0 Å². The standard InChI is InChI=1S/C20H16FN3O2/c1-12-15(8-10-18(23-12)13-5-3-2-4-6-13)20(26)24-14-7-9-17(21)16(11-14)19(22)25/h2-11H,1H3,(H2,22,25)(H,24,26). The summed E-state index contributed by atoms with van der Waals surface area (Å²) in [5.41, 5.74) is 7.77. The minimum atomic E-state index is -0.899. The van der Waals surface area contributed by atoms with Crippen molar-refractivity contribution >= 4 is 17.5 Å². The van der Waals surface area contributed by atoms with Crippen LogP contribution in [0.4, 0.5) is 10.1 Å². The molecule has 2 aromatic carbocycles. The third-order valence-electron chi connectivity index (χ3n) is 3.89. The molecule has 0 unspecified atom stereocenters. The van der Waals surface area contributed by atoms with Crippen LogP contribution in [-0.2, 0) is 0 Å². The summed E-state index contributed by atoms with van der Waals surface area (Å²) < 4.78 is 13.5. The van der Waals surface area contributed by atoms with Crippen molar-refractivity contribution in [1.29, 1.82) is 0 Å². The van der Waals surface area contributed by atoms with Gasteiger partial charge in [0.05, 0.1) is 22.5 Å². The Morgan fingerprint density at radius 1 is 1.00 bits per heavy atom. The lowest BCUT2D eigenvalue weighted by molar-refractivity contribution is 0.0992. The van der Waals surface area contributed by atoms with E-state index in [2.05, 4.69) is 10.3 Å². The van der Waals surface area contributed by atoms with Gasteiger partial charge in [0.25, 0.3) is 11.8 Å². The molecule has 5 nitrogen and oxygen atoms in total. The minimum absolute atomic E-state index is 0.275. The molecule has 130 valence electrons. The number of anilines is 1. The molecule has 0 aliphatic carbocycles. The maximum atomic E-state index is 13.5. The number of benzene rings is 2. The summed E-state index contributed by atoms with van der Waals surface area (Å²) in [5, 5.41) is 2.63. The van der Waals surface area contributed by atoms with Crippen molar-refractivity contribution in [3.05, 3.63) is 83.3 Å². The number of nitrogens with two attached hydrogens (primary N) is 1. The fourth-order valence-corrected chi connectivity index (χ4v) is 2.56. The van der Waals surface area contributed by atoms with Crippen LogP contribution in [0.5, 0.6) is 0 Å². The minimum Gasteiger partial charge on any atom is -0.366 e. The second-order valence-corrected chi connectivity index (χ2v) is 5.71. The lowest BCUT2D eigenvalue weighted by Crippen LogP contribution is -2.17. The van der Waals surface area contributed by atoms with Crippen LogP contribution in [0.1, 0.15) is 26.4 Å². The highest BCUT2D eigenvalue weighted by molar-refractivity contribution is 6.05. The fraction of sp³-hybridized carbons (Fsp3) is 0.0500. The van der Waals surface area contributed by atoms with E-state index >= 15 is 0 Å². The zero-order chi connectivity index (χ0) is 18.7. The zero-order valence-electron chi connectivity index (χ0n) is 14.0. The van der Waals surface area contributed by atoms with Gasteiger partial charge in [-0.05, 0) is 37.3 Å². The van der Waals surface area contributed by atoms with Crippen LogP contribution in [-0.4, -0.2) is 16.8 Å². The van der Waals surface area contributed by atoms with Crippen molar-refractivity contribution in [2.75, 3.05) is 5.32 Å². The number of amides is 2. The molecular formula is C20H16FN3O2. The van der Waals surface area contributed by atoms with Gasteiger partial charge in [0.2, 0.25) is 0 Å². The lowest BCUT2D eigenvalue weighted by atomic mass is 10.1. The largest absolute Gasteiger partial charge is 0.366 e. The second kappa shape index (κ2) is 7.14. The number of halogens is 1. The summed E-state index contributed by atoms with van der Waals surface area (Å²) >= 11 is 0. The van der Waals surface area contributed by atoms with Crippen LogP contribution in [0.2, 0.25) is 0 Å². The maximum absolute atomic E-state index is 13.5. The molecule has 1 aromatic heterocycles. The summed E-state index contributed by atoms with van der Waals surface area (Å²) in [6.07, 6.45) is 0. The maximum Gasteiger partial charge on any atom is 0.257 e. The number of nitrogens with one attached hydrogen (secondary N) is 1. The molecule has 0 atom stereocenters. The van der Waals surface area contributed by atoms with E-state index in [0.717, 1.165) is 17.3 Å². The van der Waals surface area contributed by atoms with Crippen LogP contribution in [0.25, 0.3) is 11.3 Å². The Morgan fingerprint density at radius 2 is 1.73 bits per heavy atom. The van der Waals surface area contributed by atoms with E-state index in [0.29, 0.717) is 11.3 Å². The highest BCUT2D eigenvalue weighted by Crippen LogP contribution is 2.20. The highest BCUT2D eigenvalue weighted by Gasteiger charge is 2.14. The van der Waals surface area contributed by atoms with Gasteiger partial charge >= 0.3 is 0 Å². The predicted molar refractivity (Wildman–Crippen MR) is 97.3 cm³/mol. The summed E-state index contributed by atoms with van der Waals surface area (Å²) in [7, 11) is 0. The van der Waals surface area contributed by atoms with E-state index in [4.69, 9.17) is 5.73 Å². The SMILES string of the molecule is Cc1nc(-c2ccccc2)ccc1C(=O)Nc1ccc(F)c(C(N)=O)c1. The van der Waals surface area contributed by atoms with E-state index in [-0.39, 0.29) is 11.3 Å². The van der Waals surface area contributed by atoms with E-state index < -0.39 is 17.6 Å². The van der Waals surface area contributed by atoms with Crippen molar-refractivity contribution < 1.29 is 14.0 Å². The molecule has 1 heterocycles. The molecule has 3 rings (SSSR count). The number of rotatable bonds is 4. The van der Waals surface area contributed by atoms with Crippen molar-refractivity contribution in [2.45, 2.75) is 6.92 Å². The Bertz CT molecular complexity index is 988. The van der Waals surface area contributed by atoms with E-state index in [9.17, 15) is 14.0 Å². The average Bonchev–Trinajstić information content (AvgIpc) is 2.63. The van der Waals surface area contributed by atoms with Gasteiger partial charge in [0.1, 0.15) is 5.82 Å². The molecule has 0 spiro atoms. The van der Waals surface area contributed by atoms with Gasteiger partial charge in [-0.1, -0.05) is 30.3 Å². The van der Waals surface area contributed by atoms with Crippen LogP contribution in [0, 0.1) is 12.7 Å². The van der Waals surface area contributed by atoms with Crippen LogP contribution in [0.15, 0.2) is 60.7 Å². The monoisotopic (exact) mass is 349 g/mol. The molecular weight excluding hydrogens is 333 g/mol. The molecule has 26 heavy (non-hydrogen) atoms. The van der Waals surface area contributed by atoms with Gasteiger partial charge in [-0.3, -0.25) is 14.6 Å². The molecule has 6 heteroatoms. The Balaban J connectivity index is 1.85. The normalized spacial score (nSPS) is 10.4. The summed E-state index contributed by atoms with van der Waals surface area (Å²) in [4.78, 5) is 28.2. The zero-order valence-corrected chi connectivity index (χ0v) is 14.0. The van der Waals surface area contributed by atoms with Gasteiger partial charge in [-0.2, -0.15) is 0 Å². The first-order chi connectivity index (χ1) is 12.5. The smallest absolute Gasteiger partial charge is 0.257 e. The molecule has 3 aromatic rings. The third-order valence-corrected chi connectivity index (χ3v) is 3.89. The van der Waals surface area contributed by atoms with Crippen LogP contribution in [0.3, 0.4) is 0 Å². The van der Waals surface area contributed by atoms with Crippen LogP contribution >= 0.6 is 0 Å². The first kappa shape index (κ1) is 17.3. The Hall–Kier alpha value is -3.54. The highest BCUT2D eigenvalue weighted by atomic mass is 19.1. The van der Waals surface area contributed by atoms with Gasteiger partial charge in [-0.15, -0.1) is 0 Å². The number of aryl methyl sites for hydroxylation is 1. The summed E-state index contributed by atoms with van der Waals surface area (Å²) in [6.45, 7) is 1.74. The average molecular weight is 349 g/mol. The first-order valence-electron chi connectivity index (χ1n) is 7.89. The van der Waals surface area contributed by atoms with Gasteiger partial charge in [0, 0.05) is 11.3 Å². The summed E-state index contributed by atoms with van der Waals surface area (Å²) in [5.74, 6) is -2.04. The van der Waals surface area contributed by atoms with Crippen molar-refractivity contribution in [3.8, 4) is 11.3 Å². The first-order valence-corrected chi connectivity index (χ1v) is 7.89. The second-order valence-electron chi connectivity index (χ2n) is 5.71. The number of aromatic nitrogens is 1. The number of carbonyl (C=O) groups excluding carboxylic acids is 2. The number of carbonyl (C=O) groups is 2. The quantitative estimate of drug-likeness (QED) is 0.755. The molecule has 0 aliphatic heterocycles. The van der Waals surface area contributed by atoms with E-state index in [1.54, 1.807) is 19.1 Å².